The average molecular weight is 379 g/mol. The third-order valence-electron chi connectivity index (χ3n) is 4.91. The molecule has 2 aromatic carbocycles. The molecular formula is C22H22FN3O2. The molecule has 0 amide bonds. The van der Waals surface area contributed by atoms with E-state index in [0.29, 0.717) is 23.5 Å². The third kappa shape index (κ3) is 2.95. The Kier molecular flexibility index (Phi) is 4.86. The Morgan fingerprint density at radius 1 is 1.18 bits per heavy atom. The van der Waals surface area contributed by atoms with E-state index in [2.05, 4.69) is 10.3 Å². The number of ether oxygens (including phenoxy) is 1. The molecule has 0 spiro atoms. The number of carbonyl (C=O) groups is 1. The molecular weight excluding hydrogens is 357 g/mol. The molecule has 1 aliphatic heterocycles. The first-order valence-corrected chi connectivity index (χ1v) is 9.54. The Hall–Kier alpha value is -3.15. The molecule has 1 atom stereocenters. The van der Waals surface area contributed by atoms with E-state index >= 15 is 0 Å². The minimum atomic E-state index is -0.648. The maximum Gasteiger partial charge on any atom is 0.338 e. The number of allylic oxidation sites excluding steroid dienone is 1. The van der Waals surface area contributed by atoms with Crippen molar-refractivity contribution < 1.29 is 13.9 Å². The van der Waals surface area contributed by atoms with E-state index in [1.54, 1.807) is 25.1 Å². The van der Waals surface area contributed by atoms with Crippen LogP contribution in [-0.4, -0.2) is 22.1 Å². The summed E-state index contributed by atoms with van der Waals surface area (Å²) in [5.41, 5.74) is 3.20. The molecule has 144 valence electrons. The average Bonchev–Trinajstić information content (AvgIpc) is 3.06. The second-order valence-electron chi connectivity index (χ2n) is 6.71. The van der Waals surface area contributed by atoms with E-state index in [-0.39, 0.29) is 12.4 Å². The first-order valence-electron chi connectivity index (χ1n) is 9.54. The molecule has 5 nitrogen and oxygen atoms in total. The van der Waals surface area contributed by atoms with Crippen molar-refractivity contribution in [1.82, 2.24) is 9.55 Å². The van der Waals surface area contributed by atoms with Gasteiger partial charge in [-0.15, -0.1) is 0 Å². The number of para-hydroxylation sites is 2. The highest BCUT2D eigenvalue weighted by atomic mass is 19.1. The second-order valence-corrected chi connectivity index (χ2v) is 6.71. The van der Waals surface area contributed by atoms with E-state index in [1.807, 2.05) is 35.8 Å². The Labute approximate surface area is 162 Å². The number of hydrogen-bond donors (Lipinski definition) is 1. The Morgan fingerprint density at radius 2 is 1.93 bits per heavy atom. The summed E-state index contributed by atoms with van der Waals surface area (Å²) in [4.78, 5) is 17.6. The summed E-state index contributed by atoms with van der Waals surface area (Å²) in [7, 11) is 0. The lowest BCUT2D eigenvalue weighted by Crippen LogP contribution is -2.30. The van der Waals surface area contributed by atoms with E-state index in [4.69, 9.17) is 4.74 Å². The zero-order chi connectivity index (χ0) is 19.7. The molecule has 0 aliphatic carbocycles. The van der Waals surface area contributed by atoms with Gasteiger partial charge in [-0.2, -0.15) is 0 Å². The smallest absolute Gasteiger partial charge is 0.338 e. The van der Waals surface area contributed by atoms with Crippen molar-refractivity contribution in [3.05, 3.63) is 71.2 Å². The van der Waals surface area contributed by atoms with Crippen LogP contribution in [0.3, 0.4) is 0 Å². The number of rotatable bonds is 5. The highest BCUT2D eigenvalue weighted by molar-refractivity contribution is 5.94. The SMILES string of the molecule is CCCC1=C(C(=O)OCC)[C@@H](c2ccccc2F)n2c(nc3ccccc32)N1. The highest BCUT2D eigenvalue weighted by Crippen LogP contribution is 2.41. The van der Waals surface area contributed by atoms with Crippen LogP contribution in [0.15, 0.2) is 59.8 Å². The molecule has 0 saturated heterocycles. The zero-order valence-electron chi connectivity index (χ0n) is 15.9. The molecule has 2 heterocycles. The number of esters is 1. The second kappa shape index (κ2) is 7.46. The van der Waals surface area contributed by atoms with Gasteiger partial charge in [-0.05, 0) is 31.5 Å². The lowest BCUT2D eigenvalue weighted by molar-refractivity contribution is -0.139. The van der Waals surface area contributed by atoms with Crippen LogP contribution in [0, 0.1) is 5.82 Å². The Bertz CT molecular complexity index is 1070. The minimum absolute atomic E-state index is 0.253. The quantitative estimate of drug-likeness (QED) is 0.647. The molecule has 6 heteroatoms. The number of anilines is 1. The van der Waals surface area contributed by atoms with Gasteiger partial charge < -0.3 is 10.1 Å². The predicted molar refractivity (Wildman–Crippen MR) is 106 cm³/mol. The molecule has 1 N–H and O–H groups in total. The van der Waals surface area contributed by atoms with Crippen molar-refractivity contribution in [2.45, 2.75) is 32.7 Å². The number of nitrogens with zero attached hydrogens (tertiary/aromatic N) is 2. The molecule has 0 unspecified atom stereocenters. The van der Waals surface area contributed by atoms with Crippen LogP contribution < -0.4 is 5.32 Å². The number of benzene rings is 2. The van der Waals surface area contributed by atoms with Crippen molar-refractivity contribution in [1.29, 1.82) is 0 Å². The molecule has 0 bridgehead atoms. The first kappa shape index (κ1) is 18.2. The van der Waals surface area contributed by atoms with E-state index in [9.17, 15) is 9.18 Å². The van der Waals surface area contributed by atoms with Crippen LogP contribution in [0.1, 0.15) is 38.3 Å². The summed E-state index contributed by atoms with van der Waals surface area (Å²) >= 11 is 0. The van der Waals surface area contributed by atoms with Gasteiger partial charge in [0.15, 0.2) is 0 Å². The Balaban J connectivity index is 2.02. The van der Waals surface area contributed by atoms with Gasteiger partial charge in [0.2, 0.25) is 5.95 Å². The van der Waals surface area contributed by atoms with Gasteiger partial charge in [0.05, 0.1) is 29.3 Å². The van der Waals surface area contributed by atoms with Crippen LogP contribution in [0.5, 0.6) is 0 Å². The summed E-state index contributed by atoms with van der Waals surface area (Å²) in [6.45, 7) is 4.06. The highest BCUT2D eigenvalue weighted by Gasteiger charge is 2.37. The van der Waals surface area contributed by atoms with Crippen LogP contribution in [-0.2, 0) is 9.53 Å². The molecule has 28 heavy (non-hydrogen) atoms. The van der Waals surface area contributed by atoms with Gasteiger partial charge in [0.25, 0.3) is 0 Å². The van der Waals surface area contributed by atoms with Crippen molar-refractivity contribution >= 4 is 23.0 Å². The number of carbonyl (C=O) groups excluding carboxylic acids is 1. The van der Waals surface area contributed by atoms with Crippen LogP contribution in [0.2, 0.25) is 0 Å². The number of hydrogen-bond acceptors (Lipinski definition) is 4. The van der Waals surface area contributed by atoms with Crippen molar-refractivity contribution in [3.8, 4) is 0 Å². The lowest BCUT2D eigenvalue weighted by Gasteiger charge is -2.31. The normalized spacial score (nSPS) is 16.0. The molecule has 4 rings (SSSR count). The number of fused-ring (bicyclic) bond motifs is 3. The fraction of sp³-hybridized carbons (Fsp3) is 0.273. The number of imidazole rings is 1. The number of halogens is 1. The maximum absolute atomic E-state index is 14.9. The molecule has 3 aromatic rings. The summed E-state index contributed by atoms with van der Waals surface area (Å²) in [6.07, 6.45) is 1.47. The van der Waals surface area contributed by atoms with E-state index in [0.717, 1.165) is 23.2 Å². The van der Waals surface area contributed by atoms with Gasteiger partial charge >= 0.3 is 5.97 Å². The van der Waals surface area contributed by atoms with Gasteiger partial charge in [-0.25, -0.2) is 14.2 Å². The topological polar surface area (TPSA) is 56.2 Å². The van der Waals surface area contributed by atoms with E-state index in [1.165, 1.54) is 6.07 Å². The van der Waals surface area contributed by atoms with Gasteiger partial charge in [-0.1, -0.05) is 43.7 Å². The summed E-state index contributed by atoms with van der Waals surface area (Å²) < 4.78 is 22.1. The zero-order valence-corrected chi connectivity index (χ0v) is 15.9. The third-order valence-corrected chi connectivity index (χ3v) is 4.91. The number of nitrogens with one attached hydrogen (secondary N) is 1. The molecule has 0 fully saturated rings. The summed E-state index contributed by atoms with van der Waals surface area (Å²) in [5.74, 6) is -0.197. The fourth-order valence-corrected chi connectivity index (χ4v) is 3.77. The van der Waals surface area contributed by atoms with Gasteiger partial charge in [0, 0.05) is 11.3 Å². The summed E-state index contributed by atoms with van der Waals surface area (Å²) in [5, 5.41) is 3.30. The number of aromatic nitrogens is 2. The van der Waals surface area contributed by atoms with Crippen LogP contribution >= 0.6 is 0 Å². The fourth-order valence-electron chi connectivity index (χ4n) is 3.77. The minimum Gasteiger partial charge on any atom is -0.463 e. The summed E-state index contributed by atoms with van der Waals surface area (Å²) in [6, 6.07) is 13.6. The van der Waals surface area contributed by atoms with Crippen LogP contribution in [0.4, 0.5) is 10.3 Å². The largest absolute Gasteiger partial charge is 0.463 e. The van der Waals surface area contributed by atoms with Gasteiger partial charge in [-0.3, -0.25) is 4.57 Å². The van der Waals surface area contributed by atoms with E-state index < -0.39 is 12.0 Å². The Morgan fingerprint density at radius 3 is 2.68 bits per heavy atom. The predicted octanol–water partition coefficient (Wildman–Crippen LogP) is 4.81. The molecule has 0 saturated carbocycles. The molecule has 1 aromatic heterocycles. The van der Waals surface area contributed by atoms with Crippen molar-refractivity contribution in [2.24, 2.45) is 0 Å². The van der Waals surface area contributed by atoms with Crippen molar-refractivity contribution in [2.75, 3.05) is 11.9 Å². The lowest BCUT2D eigenvalue weighted by atomic mass is 9.93. The monoisotopic (exact) mass is 379 g/mol. The van der Waals surface area contributed by atoms with Crippen molar-refractivity contribution in [3.63, 3.8) is 0 Å². The molecule has 1 aliphatic rings. The standard InChI is InChI=1S/C22H22FN3O2/c1-3-9-17-19(21(27)28-4-2)20(14-10-5-6-11-15(14)23)26-18-13-8-7-12-16(18)24-22(26)25-17/h5-8,10-13,20H,3-4,9H2,1-2H3,(H,24,25)/t20-/m1/s1. The maximum atomic E-state index is 14.9. The first-order chi connectivity index (χ1) is 13.7. The van der Waals surface area contributed by atoms with Crippen LogP contribution in [0.25, 0.3) is 11.0 Å². The molecule has 0 radical (unpaired) electrons. The van der Waals surface area contributed by atoms with Gasteiger partial charge in [0.1, 0.15) is 5.82 Å².